The summed E-state index contributed by atoms with van der Waals surface area (Å²) in [6.45, 7) is 3.34. The Morgan fingerprint density at radius 3 is 2.33 bits per heavy atom. The fraction of sp³-hybridized carbons (Fsp3) is 0.333. The van der Waals surface area contributed by atoms with E-state index in [0.29, 0.717) is 5.82 Å². The third-order valence-electron chi connectivity index (χ3n) is 3.32. The lowest BCUT2D eigenvalue weighted by Crippen LogP contribution is -2.47. The van der Waals surface area contributed by atoms with E-state index in [1.807, 2.05) is 6.07 Å². The van der Waals surface area contributed by atoms with Crippen LogP contribution in [0.25, 0.3) is 0 Å². The summed E-state index contributed by atoms with van der Waals surface area (Å²) < 4.78 is 0.775. The topological polar surface area (TPSA) is 96.1 Å². The van der Waals surface area contributed by atoms with Crippen LogP contribution < -0.4 is 21.1 Å². The fourth-order valence-electron chi connectivity index (χ4n) is 2.25. The fourth-order valence-corrected chi connectivity index (χ4v) is 2.82. The number of halogens is 1. The van der Waals surface area contributed by atoms with Gasteiger partial charge in [0.2, 0.25) is 5.95 Å². The van der Waals surface area contributed by atoms with E-state index in [9.17, 15) is 0 Å². The van der Waals surface area contributed by atoms with E-state index in [0.717, 1.165) is 42.4 Å². The predicted octanol–water partition coefficient (Wildman–Crippen LogP) is 0.641. The highest BCUT2D eigenvalue weighted by Crippen LogP contribution is 2.29. The number of aromatic nitrogens is 4. The zero-order valence-electron chi connectivity index (χ0n) is 11.3. The normalized spacial score (nSPS) is 15.1. The van der Waals surface area contributed by atoms with Gasteiger partial charge in [0.15, 0.2) is 5.82 Å². The summed E-state index contributed by atoms with van der Waals surface area (Å²) >= 11 is 3.49. The molecule has 1 aliphatic heterocycles. The smallest absolute Gasteiger partial charge is 0.225 e. The molecule has 1 aliphatic rings. The van der Waals surface area contributed by atoms with Crippen molar-refractivity contribution in [2.45, 2.75) is 0 Å². The largest absolute Gasteiger partial charge is 0.352 e. The van der Waals surface area contributed by atoms with E-state index >= 15 is 0 Å². The van der Waals surface area contributed by atoms with Crippen LogP contribution in [0, 0.1) is 0 Å². The summed E-state index contributed by atoms with van der Waals surface area (Å²) in [4.78, 5) is 21.3. The van der Waals surface area contributed by atoms with Gasteiger partial charge in [-0.05, 0) is 22.0 Å². The Kier molecular flexibility index (Phi) is 4.11. The molecule has 0 spiro atoms. The maximum Gasteiger partial charge on any atom is 0.225 e. The molecule has 3 heterocycles. The van der Waals surface area contributed by atoms with Gasteiger partial charge < -0.3 is 15.2 Å². The highest BCUT2D eigenvalue weighted by Gasteiger charge is 2.22. The number of anilines is 3. The van der Waals surface area contributed by atoms with Crippen molar-refractivity contribution in [2.24, 2.45) is 5.84 Å². The lowest BCUT2D eigenvalue weighted by atomic mass is 10.3. The Balaban J connectivity index is 1.72. The second kappa shape index (κ2) is 6.19. The molecular formula is C12H15BrN8. The lowest BCUT2D eigenvalue weighted by Gasteiger charge is -2.35. The molecule has 3 N–H and O–H groups in total. The zero-order chi connectivity index (χ0) is 14.7. The number of rotatable bonds is 3. The van der Waals surface area contributed by atoms with Gasteiger partial charge in [0, 0.05) is 38.6 Å². The molecule has 0 bridgehead atoms. The quantitative estimate of drug-likeness (QED) is 0.615. The van der Waals surface area contributed by atoms with Gasteiger partial charge in [0.25, 0.3) is 0 Å². The van der Waals surface area contributed by atoms with Gasteiger partial charge in [-0.15, -0.1) is 0 Å². The third kappa shape index (κ3) is 2.88. The van der Waals surface area contributed by atoms with E-state index in [4.69, 9.17) is 5.84 Å². The van der Waals surface area contributed by atoms with Gasteiger partial charge in [-0.25, -0.2) is 25.8 Å². The van der Waals surface area contributed by atoms with Gasteiger partial charge in [-0.2, -0.15) is 0 Å². The minimum Gasteiger partial charge on any atom is -0.352 e. The summed E-state index contributed by atoms with van der Waals surface area (Å²) in [7, 11) is 0. The van der Waals surface area contributed by atoms with E-state index < -0.39 is 0 Å². The summed E-state index contributed by atoms with van der Waals surface area (Å²) in [6.07, 6.45) is 5.02. The maximum atomic E-state index is 5.43. The molecule has 1 saturated heterocycles. The molecule has 0 atom stereocenters. The van der Waals surface area contributed by atoms with Gasteiger partial charge in [-0.3, -0.25) is 0 Å². The van der Waals surface area contributed by atoms with Crippen molar-refractivity contribution in [1.82, 2.24) is 19.9 Å². The monoisotopic (exact) mass is 350 g/mol. The zero-order valence-corrected chi connectivity index (χ0v) is 12.9. The number of nitrogens with zero attached hydrogens (tertiary/aromatic N) is 6. The van der Waals surface area contributed by atoms with Crippen LogP contribution in [-0.4, -0.2) is 46.1 Å². The molecule has 9 heteroatoms. The van der Waals surface area contributed by atoms with E-state index in [1.165, 1.54) is 6.33 Å². The minimum atomic E-state index is 0.578. The SMILES string of the molecule is NNc1ncnc(N2CCN(c3ncccn3)CC2)c1Br. The van der Waals surface area contributed by atoms with Crippen molar-refractivity contribution in [3.63, 3.8) is 0 Å². The Morgan fingerprint density at radius 2 is 1.67 bits per heavy atom. The standard InChI is InChI=1S/C12H15BrN8/c13-9-10(19-14)17-8-18-11(9)20-4-6-21(7-5-20)12-15-2-1-3-16-12/h1-3,8H,4-7,14H2,(H,17,18,19). The Bertz CT molecular complexity index is 599. The van der Waals surface area contributed by atoms with Crippen molar-refractivity contribution in [2.75, 3.05) is 41.4 Å². The first-order valence-corrected chi connectivity index (χ1v) is 7.33. The molecule has 0 unspecified atom stereocenters. The number of piperazine rings is 1. The molecule has 8 nitrogen and oxygen atoms in total. The molecule has 0 radical (unpaired) electrons. The Morgan fingerprint density at radius 1 is 1.00 bits per heavy atom. The highest BCUT2D eigenvalue weighted by molar-refractivity contribution is 9.10. The molecule has 0 amide bonds. The summed E-state index contributed by atoms with van der Waals surface area (Å²) in [5.41, 5.74) is 2.55. The van der Waals surface area contributed by atoms with Gasteiger partial charge in [0.1, 0.15) is 16.6 Å². The van der Waals surface area contributed by atoms with Crippen molar-refractivity contribution in [3.05, 3.63) is 29.3 Å². The van der Waals surface area contributed by atoms with Crippen LogP contribution in [0.3, 0.4) is 0 Å². The van der Waals surface area contributed by atoms with Gasteiger partial charge in [0.05, 0.1) is 0 Å². The number of nitrogens with two attached hydrogens (primary N) is 1. The Labute approximate surface area is 130 Å². The van der Waals surface area contributed by atoms with Gasteiger partial charge >= 0.3 is 0 Å². The average Bonchev–Trinajstić information content (AvgIpc) is 2.56. The van der Waals surface area contributed by atoms with Crippen molar-refractivity contribution in [1.29, 1.82) is 0 Å². The van der Waals surface area contributed by atoms with E-state index in [2.05, 4.69) is 51.1 Å². The highest BCUT2D eigenvalue weighted by atomic mass is 79.9. The first kappa shape index (κ1) is 14.0. The molecule has 110 valence electrons. The number of hydrogen-bond acceptors (Lipinski definition) is 8. The van der Waals surface area contributed by atoms with Crippen LogP contribution in [-0.2, 0) is 0 Å². The van der Waals surface area contributed by atoms with E-state index in [1.54, 1.807) is 12.4 Å². The number of hydrogen-bond donors (Lipinski definition) is 2. The second-order valence-electron chi connectivity index (χ2n) is 4.53. The summed E-state index contributed by atoms with van der Waals surface area (Å²) in [5.74, 6) is 7.62. The van der Waals surface area contributed by atoms with Crippen molar-refractivity contribution in [3.8, 4) is 0 Å². The van der Waals surface area contributed by atoms with Crippen LogP contribution in [0.5, 0.6) is 0 Å². The molecule has 0 aliphatic carbocycles. The average molecular weight is 351 g/mol. The van der Waals surface area contributed by atoms with Crippen LogP contribution in [0.15, 0.2) is 29.3 Å². The molecule has 2 aromatic heterocycles. The first-order chi connectivity index (χ1) is 10.3. The van der Waals surface area contributed by atoms with Crippen LogP contribution in [0.4, 0.5) is 17.6 Å². The number of hydrazine groups is 1. The second-order valence-corrected chi connectivity index (χ2v) is 5.32. The number of nitrogens with one attached hydrogen (secondary N) is 1. The lowest BCUT2D eigenvalue weighted by molar-refractivity contribution is 0.633. The van der Waals surface area contributed by atoms with Crippen LogP contribution in [0.2, 0.25) is 0 Å². The predicted molar refractivity (Wildman–Crippen MR) is 84.0 cm³/mol. The molecule has 2 aromatic rings. The molecule has 21 heavy (non-hydrogen) atoms. The first-order valence-electron chi connectivity index (χ1n) is 6.53. The maximum absolute atomic E-state index is 5.43. The van der Waals surface area contributed by atoms with Crippen molar-refractivity contribution < 1.29 is 0 Å². The van der Waals surface area contributed by atoms with Crippen LogP contribution in [0.1, 0.15) is 0 Å². The minimum absolute atomic E-state index is 0.578. The van der Waals surface area contributed by atoms with Crippen molar-refractivity contribution >= 4 is 33.5 Å². The van der Waals surface area contributed by atoms with E-state index in [-0.39, 0.29) is 0 Å². The third-order valence-corrected chi connectivity index (χ3v) is 4.05. The summed E-state index contributed by atoms with van der Waals surface area (Å²) in [6, 6.07) is 1.82. The molecular weight excluding hydrogens is 336 g/mol. The summed E-state index contributed by atoms with van der Waals surface area (Å²) in [5, 5.41) is 0. The Hall–Kier alpha value is -2.00. The van der Waals surface area contributed by atoms with Crippen LogP contribution >= 0.6 is 15.9 Å². The molecule has 0 saturated carbocycles. The number of nitrogen functional groups attached to an aromatic ring is 1. The molecule has 3 rings (SSSR count). The molecule has 0 aromatic carbocycles. The molecule has 1 fully saturated rings. The van der Waals surface area contributed by atoms with Gasteiger partial charge in [-0.1, -0.05) is 0 Å².